The monoisotopic (exact) mass is 403 g/mol. The van der Waals surface area contributed by atoms with Gasteiger partial charge in [-0.15, -0.1) is 0 Å². The molecule has 0 bridgehead atoms. The predicted molar refractivity (Wildman–Crippen MR) is 119 cm³/mol. The van der Waals surface area contributed by atoms with E-state index < -0.39 is 0 Å². The number of hydrogen-bond acceptors (Lipinski definition) is 4. The number of carbonyl (C=O) groups is 1. The third kappa shape index (κ3) is 9.76. The van der Waals surface area contributed by atoms with Gasteiger partial charge in [0.2, 0.25) is 5.91 Å². The number of ether oxygens (including phenoxy) is 1. The molecule has 0 aromatic heterocycles. The predicted octanol–water partition coefficient (Wildman–Crippen LogP) is 2.45. The number of morpholine rings is 1. The van der Waals surface area contributed by atoms with Crippen LogP contribution in [-0.2, 0) is 16.1 Å². The molecular weight excluding hydrogens is 366 g/mol. The number of carbonyl (C=O) groups excluding carboxylic acids is 1. The highest BCUT2D eigenvalue weighted by Gasteiger charge is 2.12. The fourth-order valence-corrected chi connectivity index (χ4v) is 3.19. The van der Waals surface area contributed by atoms with Crippen LogP contribution >= 0.6 is 0 Å². The van der Waals surface area contributed by atoms with E-state index in [-0.39, 0.29) is 5.91 Å². The maximum Gasteiger partial charge on any atom is 0.225 e. The number of anilines is 1. The van der Waals surface area contributed by atoms with Crippen LogP contribution in [0.5, 0.6) is 0 Å². The summed E-state index contributed by atoms with van der Waals surface area (Å²) in [6.45, 7) is 10.1. The van der Waals surface area contributed by atoms with Crippen LogP contribution in [0.3, 0.4) is 0 Å². The Kier molecular flexibility index (Phi) is 10.5. The molecule has 0 radical (unpaired) electrons. The molecule has 0 spiro atoms. The summed E-state index contributed by atoms with van der Waals surface area (Å²) in [7, 11) is 1.78. The van der Waals surface area contributed by atoms with Crippen LogP contribution in [0.15, 0.2) is 29.3 Å². The van der Waals surface area contributed by atoms with Gasteiger partial charge in [0.1, 0.15) is 0 Å². The van der Waals surface area contributed by atoms with E-state index in [2.05, 4.69) is 39.7 Å². The molecular formula is C22H37N5O2. The molecule has 0 atom stereocenters. The molecule has 29 heavy (non-hydrogen) atoms. The summed E-state index contributed by atoms with van der Waals surface area (Å²) in [4.78, 5) is 18.8. The minimum atomic E-state index is 0.0456. The van der Waals surface area contributed by atoms with Gasteiger partial charge in [0.15, 0.2) is 5.96 Å². The van der Waals surface area contributed by atoms with Gasteiger partial charge in [-0.2, -0.15) is 0 Å². The van der Waals surface area contributed by atoms with Crippen molar-refractivity contribution in [1.29, 1.82) is 0 Å². The van der Waals surface area contributed by atoms with Crippen molar-refractivity contribution < 1.29 is 9.53 Å². The summed E-state index contributed by atoms with van der Waals surface area (Å²) >= 11 is 0. The van der Waals surface area contributed by atoms with Crippen LogP contribution in [0.2, 0.25) is 0 Å². The Morgan fingerprint density at radius 2 is 2.03 bits per heavy atom. The van der Waals surface area contributed by atoms with Gasteiger partial charge in [-0.1, -0.05) is 26.0 Å². The lowest BCUT2D eigenvalue weighted by Crippen LogP contribution is -2.38. The first-order valence-corrected chi connectivity index (χ1v) is 10.7. The lowest BCUT2D eigenvalue weighted by atomic mass is 10.1. The van der Waals surface area contributed by atoms with Crippen molar-refractivity contribution >= 4 is 17.6 Å². The molecule has 0 unspecified atom stereocenters. The number of nitrogens with zero attached hydrogens (tertiary/aromatic N) is 2. The standard InChI is InChI=1S/C22H37N5O2/c1-18(2)6-5-10-24-22(23-3)25-17-19-7-4-8-20(16-19)26-21(28)9-11-27-12-14-29-15-13-27/h4,7-8,16,18H,5-6,9-15,17H2,1-3H3,(H,26,28)(H2,23,24,25). The van der Waals surface area contributed by atoms with E-state index in [1.54, 1.807) is 7.05 Å². The number of guanidine groups is 1. The molecule has 2 rings (SSSR count). The van der Waals surface area contributed by atoms with Gasteiger partial charge < -0.3 is 20.7 Å². The van der Waals surface area contributed by atoms with Crippen molar-refractivity contribution in [3.63, 3.8) is 0 Å². The first-order chi connectivity index (χ1) is 14.1. The van der Waals surface area contributed by atoms with Crippen molar-refractivity contribution in [3.8, 4) is 0 Å². The third-order valence-corrected chi connectivity index (χ3v) is 4.90. The summed E-state index contributed by atoms with van der Waals surface area (Å²) < 4.78 is 5.34. The number of nitrogens with one attached hydrogen (secondary N) is 3. The number of rotatable bonds is 10. The fraction of sp³-hybridized carbons (Fsp3) is 0.636. The zero-order chi connectivity index (χ0) is 20.9. The minimum absolute atomic E-state index is 0.0456. The maximum absolute atomic E-state index is 12.3. The van der Waals surface area contributed by atoms with E-state index in [1.807, 2.05) is 24.3 Å². The van der Waals surface area contributed by atoms with E-state index >= 15 is 0 Å². The topological polar surface area (TPSA) is 78.0 Å². The van der Waals surface area contributed by atoms with Crippen molar-refractivity contribution in [2.45, 2.75) is 39.7 Å². The molecule has 7 heteroatoms. The highest BCUT2D eigenvalue weighted by Crippen LogP contribution is 2.11. The van der Waals surface area contributed by atoms with Gasteiger partial charge in [0, 0.05) is 51.9 Å². The smallest absolute Gasteiger partial charge is 0.225 e. The summed E-state index contributed by atoms with van der Waals surface area (Å²) in [6, 6.07) is 7.94. The Balaban J connectivity index is 1.72. The molecule has 1 saturated heterocycles. The molecule has 7 nitrogen and oxygen atoms in total. The quantitative estimate of drug-likeness (QED) is 0.318. The molecule has 1 amide bonds. The molecule has 1 heterocycles. The summed E-state index contributed by atoms with van der Waals surface area (Å²) in [5.74, 6) is 1.57. The SMILES string of the molecule is CN=C(NCCCC(C)C)NCc1cccc(NC(=O)CCN2CCOCC2)c1. The van der Waals surface area contributed by atoms with Gasteiger partial charge in [-0.05, 0) is 36.5 Å². The van der Waals surface area contributed by atoms with Gasteiger partial charge in [0.05, 0.1) is 13.2 Å². The van der Waals surface area contributed by atoms with E-state index in [1.165, 1.54) is 6.42 Å². The van der Waals surface area contributed by atoms with Gasteiger partial charge in [-0.25, -0.2) is 0 Å². The molecule has 1 fully saturated rings. The average Bonchev–Trinajstić information content (AvgIpc) is 2.72. The lowest BCUT2D eigenvalue weighted by molar-refractivity contribution is -0.116. The highest BCUT2D eigenvalue weighted by atomic mass is 16.5. The van der Waals surface area contributed by atoms with E-state index in [4.69, 9.17) is 4.74 Å². The molecule has 1 aliphatic rings. The second-order valence-corrected chi connectivity index (χ2v) is 7.84. The minimum Gasteiger partial charge on any atom is -0.379 e. The van der Waals surface area contributed by atoms with E-state index in [0.717, 1.165) is 68.9 Å². The van der Waals surface area contributed by atoms with Crippen molar-refractivity contribution in [3.05, 3.63) is 29.8 Å². The molecule has 162 valence electrons. The van der Waals surface area contributed by atoms with Gasteiger partial charge >= 0.3 is 0 Å². The lowest BCUT2D eigenvalue weighted by Gasteiger charge is -2.26. The number of hydrogen-bond donors (Lipinski definition) is 3. The van der Waals surface area contributed by atoms with Crippen molar-refractivity contribution in [2.24, 2.45) is 10.9 Å². The molecule has 1 aliphatic heterocycles. The first-order valence-electron chi connectivity index (χ1n) is 10.7. The first kappa shape index (κ1) is 23.2. The van der Waals surface area contributed by atoms with Crippen molar-refractivity contribution in [1.82, 2.24) is 15.5 Å². The van der Waals surface area contributed by atoms with E-state index in [0.29, 0.717) is 13.0 Å². The van der Waals surface area contributed by atoms with Crippen LogP contribution in [-0.4, -0.2) is 63.2 Å². The number of benzene rings is 1. The largest absolute Gasteiger partial charge is 0.379 e. The molecule has 1 aromatic carbocycles. The Labute approximate surface area is 175 Å². The fourth-order valence-electron chi connectivity index (χ4n) is 3.19. The van der Waals surface area contributed by atoms with Crippen LogP contribution in [0, 0.1) is 5.92 Å². The van der Waals surface area contributed by atoms with Crippen LogP contribution in [0.25, 0.3) is 0 Å². The van der Waals surface area contributed by atoms with Crippen LogP contribution in [0.4, 0.5) is 5.69 Å². The molecule has 0 aliphatic carbocycles. The van der Waals surface area contributed by atoms with Crippen molar-refractivity contribution in [2.75, 3.05) is 51.8 Å². The molecule has 0 saturated carbocycles. The summed E-state index contributed by atoms with van der Waals surface area (Å²) in [5, 5.41) is 9.68. The normalized spacial score (nSPS) is 15.4. The maximum atomic E-state index is 12.3. The number of amides is 1. The average molecular weight is 404 g/mol. The Morgan fingerprint density at radius 1 is 1.24 bits per heavy atom. The van der Waals surface area contributed by atoms with E-state index in [9.17, 15) is 4.79 Å². The molecule has 3 N–H and O–H groups in total. The second-order valence-electron chi connectivity index (χ2n) is 7.84. The molecule has 1 aromatic rings. The Morgan fingerprint density at radius 3 is 2.76 bits per heavy atom. The Bertz CT molecular complexity index is 642. The third-order valence-electron chi connectivity index (χ3n) is 4.90. The number of aliphatic imine (C=N–C) groups is 1. The highest BCUT2D eigenvalue weighted by molar-refractivity contribution is 5.90. The van der Waals surface area contributed by atoms with Gasteiger partial charge in [0.25, 0.3) is 0 Å². The summed E-state index contributed by atoms with van der Waals surface area (Å²) in [5.41, 5.74) is 1.93. The van der Waals surface area contributed by atoms with Gasteiger partial charge in [-0.3, -0.25) is 14.7 Å². The second kappa shape index (κ2) is 13.2. The Hall–Kier alpha value is -2.12. The van der Waals surface area contributed by atoms with Crippen LogP contribution in [0.1, 0.15) is 38.7 Å². The zero-order valence-electron chi connectivity index (χ0n) is 18.2. The zero-order valence-corrected chi connectivity index (χ0v) is 18.2. The van der Waals surface area contributed by atoms with Crippen LogP contribution < -0.4 is 16.0 Å². The summed E-state index contributed by atoms with van der Waals surface area (Å²) in [6.07, 6.45) is 2.83.